The Bertz CT molecular complexity index is 571. The van der Waals surface area contributed by atoms with Gasteiger partial charge in [-0.2, -0.15) is 5.10 Å². The molecule has 1 atom stereocenters. The van der Waals surface area contributed by atoms with Crippen molar-refractivity contribution in [2.45, 2.75) is 26.4 Å². The number of ether oxygens (including phenoxy) is 2. The van der Waals surface area contributed by atoms with Crippen molar-refractivity contribution in [3.63, 3.8) is 0 Å². The third-order valence-electron chi connectivity index (χ3n) is 2.90. The average molecular weight is 296 g/mol. The number of aryl methyl sites for hydroxylation is 1. The van der Waals surface area contributed by atoms with Crippen molar-refractivity contribution in [2.24, 2.45) is 0 Å². The van der Waals surface area contributed by atoms with Crippen LogP contribution in [0.3, 0.4) is 0 Å². The van der Waals surface area contributed by atoms with Gasteiger partial charge in [-0.05, 0) is 37.6 Å². The van der Waals surface area contributed by atoms with E-state index in [1.54, 1.807) is 13.2 Å². The Morgan fingerprint density at radius 3 is 2.90 bits per heavy atom. The Morgan fingerprint density at radius 1 is 1.40 bits per heavy atom. The molecule has 0 aliphatic rings. The summed E-state index contributed by atoms with van der Waals surface area (Å²) in [7, 11) is 1.66. The number of hydrogen-bond acceptors (Lipinski definition) is 4. The second-order valence-electron chi connectivity index (χ2n) is 4.55. The highest BCUT2D eigenvalue weighted by Crippen LogP contribution is 2.26. The van der Waals surface area contributed by atoms with Crippen LogP contribution in [0.5, 0.6) is 5.75 Å². The summed E-state index contributed by atoms with van der Waals surface area (Å²) in [6.07, 6.45) is 0.471. The van der Waals surface area contributed by atoms with Crippen molar-refractivity contribution in [3.05, 3.63) is 40.4 Å². The van der Waals surface area contributed by atoms with Gasteiger partial charge >= 0.3 is 0 Å². The molecule has 6 heteroatoms. The lowest BCUT2D eigenvalue weighted by Gasteiger charge is -2.13. The summed E-state index contributed by atoms with van der Waals surface area (Å²) in [5.41, 5.74) is 0.986. The SMILES string of the molecule is COCCc1nc([C@@H](C)Oc2ccc(Cl)cc2C)n[nH]1. The van der Waals surface area contributed by atoms with Gasteiger partial charge in [-0.25, -0.2) is 4.98 Å². The van der Waals surface area contributed by atoms with Crippen molar-refractivity contribution < 1.29 is 9.47 Å². The van der Waals surface area contributed by atoms with Crippen LogP contribution in [0.25, 0.3) is 0 Å². The second-order valence-corrected chi connectivity index (χ2v) is 4.99. The highest BCUT2D eigenvalue weighted by Gasteiger charge is 2.14. The van der Waals surface area contributed by atoms with Gasteiger partial charge in [-0.3, -0.25) is 5.10 Å². The maximum Gasteiger partial charge on any atom is 0.191 e. The third-order valence-corrected chi connectivity index (χ3v) is 3.13. The number of benzene rings is 1. The minimum Gasteiger partial charge on any atom is -0.482 e. The summed E-state index contributed by atoms with van der Waals surface area (Å²) >= 11 is 5.93. The summed E-state index contributed by atoms with van der Waals surface area (Å²) < 4.78 is 10.9. The fourth-order valence-electron chi connectivity index (χ4n) is 1.79. The van der Waals surface area contributed by atoms with Crippen molar-refractivity contribution in [3.8, 4) is 5.75 Å². The Morgan fingerprint density at radius 2 is 2.20 bits per heavy atom. The van der Waals surface area contributed by atoms with Crippen LogP contribution in [-0.4, -0.2) is 28.9 Å². The first kappa shape index (κ1) is 14.8. The molecule has 0 amide bonds. The van der Waals surface area contributed by atoms with Crippen LogP contribution in [0.1, 0.15) is 30.2 Å². The topological polar surface area (TPSA) is 60.0 Å². The summed E-state index contributed by atoms with van der Waals surface area (Å²) in [6.45, 7) is 4.48. The zero-order chi connectivity index (χ0) is 14.5. The van der Waals surface area contributed by atoms with E-state index in [0.717, 1.165) is 17.1 Å². The van der Waals surface area contributed by atoms with Crippen LogP contribution in [0, 0.1) is 6.92 Å². The Balaban J connectivity index is 2.03. The minimum atomic E-state index is -0.234. The Hall–Kier alpha value is -1.59. The van der Waals surface area contributed by atoms with E-state index in [9.17, 15) is 0 Å². The van der Waals surface area contributed by atoms with Gasteiger partial charge in [0.15, 0.2) is 11.9 Å². The molecule has 0 bridgehead atoms. The van der Waals surface area contributed by atoms with Crippen LogP contribution >= 0.6 is 11.6 Å². The summed E-state index contributed by atoms with van der Waals surface area (Å²) in [4.78, 5) is 4.39. The molecule has 0 saturated carbocycles. The number of nitrogens with one attached hydrogen (secondary N) is 1. The van der Waals surface area contributed by atoms with Crippen molar-refractivity contribution in [1.82, 2.24) is 15.2 Å². The fourth-order valence-corrected chi connectivity index (χ4v) is 2.02. The first-order chi connectivity index (χ1) is 9.60. The molecule has 0 radical (unpaired) electrons. The lowest BCUT2D eigenvalue weighted by Crippen LogP contribution is -2.06. The normalized spacial score (nSPS) is 12.4. The lowest BCUT2D eigenvalue weighted by atomic mass is 10.2. The molecule has 2 rings (SSSR count). The molecule has 5 nitrogen and oxygen atoms in total. The number of aromatic amines is 1. The summed E-state index contributed by atoms with van der Waals surface area (Å²) in [6, 6.07) is 5.52. The molecule has 20 heavy (non-hydrogen) atoms. The lowest BCUT2D eigenvalue weighted by molar-refractivity contribution is 0.200. The van der Waals surface area contributed by atoms with Crippen LogP contribution < -0.4 is 4.74 Å². The Labute approximate surface area is 123 Å². The predicted molar refractivity (Wildman–Crippen MR) is 77.2 cm³/mol. The smallest absolute Gasteiger partial charge is 0.191 e. The number of aromatic nitrogens is 3. The molecule has 1 heterocycles. The van der Waals surface area contributed by atoms with Gasteiger partial charge in [-0.1, -0.05) is 11.6 Å². The number of rotatable bonds is 6. The monoisotopic (exact) mass is 295 g/mol. The minimum absolute atomic E-state index is 0.234. The highest BCUT2D eigenvalue weighted by molar-refractivity contribution is 6.30. The van der Waals surface area contributed by atoms with Gasteiger partial charge in [0.2, 0.25) is 0 Å². The van der Waals surface area contributed by atoms with Crippen LogP contribution in [-0.2, 0) is 11.2 Å². The van der Waals surface area contributed by atoms with E-state index in [4.69, 9.17) is 21.1 Å². The van der Waals surface area contributed by atoms with E-state index in [2.05, 4.69) is 15.2 Å². The van der Waals surface area contributed by atoms with Gasteiger partial charge in [-0.15, -0.1) is 0 Å². The maximum atomic E-state index is 5.93. The van der Waals surface area contributed by atoms with Crippen LogP contribution in [0.15, 0.2) is 18.2 Å². The fraction of sp³-hybridized carbons (Fsp3) is 0.429. The van der Waals surface area contributed by atoms with Gasteiger partial charge in [0.25, 0.3) is 0 Å². The molecular formula is C14H18ClN3O2. The molecule has 0 spiro atoms. The largest absolute Gasteiger partial charge is 0.482 e. The van der Waals surface area contributed by atoms with E-state index in [0.29, 0.717) is 23.9 Å². The zero-order valence-electron chi connectivity index (χ0n) is 11.8. The molecule has 0 aliphatic carbocycles. The Kier molecular flexibility index (Phi) is 4.98. The van der Waals surface area contributed by atoms with Crippen LogP contribution in [0.2, 0.25) is 5.02 Å². The summed E-state index contributed by atoms with van der Waals surface area (Å²) in [5, 5.41) is 7.75. The van der Waals surface area contributed by atoms with Gasteiger partial charge in [0.05, 0.1) is 6.61 Å². The molecule has 0 aliphatic heterocycles. The molecule has 0 saturated heterocycles. The van der Waals surface area contributed by atoms with Gasteiger partial charge < -0.3 is 9.47 Å². The summed E-state index contributed by atoms with van der Waals surface area (Å²) in [5.74, 6) is 2.21. The number of methoxy groups -OCH3 is 1. The van der Waals surface area contributed by atoms with Crippen LogP contribution in [0.4, 0.5) is 0 Å². The standard InChI is InChI=1S/C14H18ClN3O2/c1-9-8-11(15)4-5-12(9)20-10(2)14-16-13(17-18-14)6-7-19-3/h4-5,8,10H,6-7H2,1-3H3,(H,16,17,18)/t10-/m1/s1. The van der Waals surface area contributed by atoms with Crippen molar-refractivity contribution in [1.29, 1.82) is 0 Å². The van der Waals surface area contributed by atoms with E-state index >= 15 is 0 Å². The molecule has 2 aromatic rings. The number of hydrogen-bond donors (Lipinski definition) is 1. The number of nitrogens with zero attached hydrogens (tertiary/aromatic N) is 2. The molecule has 108 valence electrons. The predicted octanol–water partition coefficient (Wildman–Crippen LogP) is 3.10. The molecule has 1 aromatic heterocycles. The van der Waals surface area contributed by atoms with E-state index in [-0.39, 0.29) is 6.10 Å². The van der Waals surface area contributed by atoms with Gasteiger partial charge in [0.1, 0.15) is 11.6 Å². The quantitative estimate of drug-likeness (QED) is 0.889. The van der Waals surface area contributed by atoms with E-state index < -0.39 is 0 Å². The maximum absolute atomic E-state index is 5.93. The molecule has 0 unspecified atom stereocenters. The van der Waals surface area contributed by atoms with Gasteiger partial charge in [0, 0.05) is 18.6 Å². The third kappa shape index (κ3) is 3.71. The first-order valence-electron chi connectivity index (χ1n) is 6.43. The number of H-pyrrole nitrogens is 1. The van der Waals surface area contributed by atoms with Crippen molar-refractivity contribution >= 4 is 11.6 Å². The molecule has 1 aromatic carbocycles. The number of halogens is 1. The average Bonchev–Trinajstić information content (AvgIpc) is 2.88. The zero-order valence-corrected chi connectivity index (χ0v) is 12.6. The molecule has 1 N–H and O–H groups in total. The molecule has 0 fully saturated rings. The van der Waals surface area contributed by atoms with E-state index in [1.165, 1.54) is 0 Å². The first-order valence-corrected chi connectivity index (χ1v) is 6.81. The molecular weight excluding hydrogens is 278 g/mol. The van der Waals surface area contributed by atoms with E-state index in [1.807, 2.05) is 26.0 Å². The van der Waals surface area contributed by atoms with Crippen molar-refractivity contribution in [2.75, 3.05) is 13.7 Å². The highest BCUT2D eigenvalue weighted by atomic mass is 35.5. The second kappa shape index (κ2) is 6.72.